The largest absolute Gasteiger partial charge is 0.353 e. The standard InChI is InChI=1S/C13H18N4O2/c18-12(10-3-1-5-14-9-10)16-7-8-17-13(19)11-4-2-6-15-11/h1,3,5,9,11,15H,2,4,6-8H2,(H,16,18)(H,17,19). The molecule has 0 bridgehead atoms. The topological polar surface area (TPSA) is 83.1 Å². The van der Waals surface area contributed by atoms with Gasteiger partial charge in [0.2, 0.25) is 5.91 Å². The molecule has 102 valence electrons. The van der Waals surface area contributed by atoms with Crippen LogP contribution in [0.1, 0.15) is 23.2 Å². The Labute approximate surface area is 112 Å². The molecule has 1 aromatic rings. The zero-order valence-electron chi connectivity index (χ0n) is 10.7. The molecular weight excluding hydrogens is 244 g/mol. The Morgan fingerprint density at radius 1 is 1.37 bits per heavy atom. The van der Waals surface area contributed by atoms with E-state index in [1.807, 2.05) is 0 Å². The van der Waals surface area contributed by atoms with E-state index in [0.717, 1.165) is 19.4 Å². The average molecular weight is 262 g/mol. The van der Waals surface area contributed by atoms with Crippen molar-refractivity contribution in [1.82, 2.24) is 20.9 Å². The third kappa shape index (κ3) is 4.03. The van der Waals surface area contributed by atoms with E-state index in [1.165, 1.54) is 6.20 Å². The lowest BCUT2D eigenvalue weighted by Crippen LogP contribution is -2.43. The molecule has 1 aliphatic heterocycles. The highest BCUT2D eigenvalue weighted by Crippen LogP contribution is 2.03. The van der Waals surface area contributed by atoms with Gasteiger partial charge < -0.3 is 16.0 Å². The maximum atomic E-state index is 11.7. The van der Waals surface area contributed by atoms with Gasteiger partial charge in [-0.15, -0.1) is 0 Å². The molecule has 0 aromatic carbocycles. The predicted molar refractivity (Wildman–Crippen MR) is 70.6 cm³/mol. The normalized spacial score (nSPS) is 18.0. The molecule has 0 aliphatic carbocycles. The summed E-state index contributed by atoms with van der Waals surface area (Å²) in [5, 5.41) is 8.65. The van der Waals surface area contributed by atoms with Gasteiger partial charge in [-0.3, -0.25) is 14.6 Å². The fraction of sp³-hybridized carbons (Fsp3) is 0.462. The Bertz CT molecular complexity index is 430. The van der Waals surface area contributed by atoms with E-state index >= 15 is 0 Å². The molecule has 1 aromatic heterocycles. The van der Waals surface area contributed by atoms with E-state index in [9.17, 15) is 9.59 Å². The molecule has 1 fully saturated rings. The molecule has 6 heteroatoms. The quantitative estimate of drug-likeness (QED) is 0.635. The molecule has 1 atom stereocenters. The Morgan fingerprint density at radius 3 is 2.89 bits per heavy atom. The maximum absolute atomic E-state index is 11.7. The second-order valence-corrected chi connectivity index (χ2v) is 4.44. The summed E-state index contributed by atoms with van der Waals surface area (Å²) < 4.78 is 0. The fourth-order valence-corrected chi connectivity index (χ4v) is 1.99. The van der Waals surface area contributed by atoms with Gasteiger partial charge in [-0.1, -0.05) is 0 Å². The maximum Gasteiger partial charge on any atom is 0.252 e. The van der Waals surface area contributed by atoms with Crippen LogP contribution >= 0.6 is 0 Å². The lowest BCUT2D eigenvalue weighted by atomic mass is 10.2. The minimum absolute atomic E-state index is 0.00752. The van der Waals surface area contributed by atoms with Crippen molar-refractivity contribution in [2.75, 3.05) is 19.6 Å². The van der Waals surface area contributed by atoms with Gasteiger partial charge in [0.15, 0.2) is 0 Å². The van der Waals surface area contributed by atoms with Crippen LogP contribution in [0.4, 0.5) is 0 Å². The Hall–Kier alpha value is -1.95. The highest BCUT2D eigenvalue weighted by Gasteiger charge is 2.21. The molecule has 2 rings (SSSR count). The Kier molecular flexibility index (Phi) is 4.85. The van der Waals surface area contributed by atoms with E-state index in [4.69, 9.17) is 0 Å². The number of nitrogens with one attached hydrogen (secondary N) is 3. The Balaban J connectivity index is 1.64. The van der Waals surface area contributed by atoms with Crippen LogP contribution in [0.5, 0.6) is 0 Å². The molecule has 3 N–H and O–H groups in total. The summed E-state index contributed by atoms with van der Waals surface area (Å²) in [5.74, 6) is -0.172. The van der Waals surface area contributed by atoms with E-state index in [0.29, 0.717) is 18.7 Å². The SMILES string of the molecule is O=C(NCCNC(=O)C1CCCN1)c1cccnc1. The van der Waals surface area contributed by atoms with Crippen LogP contribution in [0.15, 0.2) is 24.5 Å². The minimum Gasteiger partial charge on any atom is -0.353 e. The van der Waals surface area contributed by atoms with Crippen LogP contribution in [0.2, 0.25) is 0 Å². The van der Waals surface area contributed by atoms with Crippen LogP contribution < -0.4 is 16.0 Å². The van der Waals surface area contributed by atoms with Crippen molar-refractivity contribution in [3.63, 3.8) is 0 Å². The fourth-order valence-electron chi connectivity index (χ4n) is 1.99. The summed E-state index contributed by atoms with van der Waals surface area (Å²) in [6.07, 6.45) is 5.05. The van der Waals surface area contributed by atoms with Crippen LogP contribution in [-0.2, 0) is 4.79 Å². The van der Waals surface area contributed by atoms with Gasteiger partial charge in [0, 0.05) is 25.5 Å². The molecule has 1 unspecified atom stereocenters. The van der Waals surface area contributed by atoms with Crippen LogP contribution in [-0.4, -0.2) is 42.5 Å². The number of rotatable bonds is 5. The van der Waals surface area contributed by atoms with Gasteiger partial charge in [0.1, 0.15) is 0 Å². The van der Waals surface area contributed by atoms with Crippen molar-refractivity contribution >= 4 is 11.8 Å². The molecule has 0 saturated carbocycles. The summed E-state index contributed by atoms with van der Waals surface area (Å²) in [6, 6.07) is 3.33. The molecule has 2 heterocycles. The van der Waals surface area contributed by atoms with Gasteiger partial charge in [-0.05, 0) is 31.5 Å². The molecule has 2 amide bonds. The van der Waals surface area contributed by atoms with Crippen molar-refractivity contribution < 1.29 is 9.59 Å². The molecule has 0 radical (unpaired) electrons. The van der Waals surface area contributed by atoms with Crippen molar-refractivity contribution in [3.8, 4) is 0 Å². The number of pyridine rings is 1. The molecule has 0 spiro atoms. The van der Waals surface area contributed by atoms with E-state index in [2.05, 4.69) is 20.9 Å². The van der Waals surface area contributed by atoms with E-state index in [-0.39, 0.29) is 17.9 Å². The first-order chi connectivity index (χ1) is 9.27. The number of carbonyl (C=O) groups is 2. The lowest BCUT2D eigenvalue weighted by Gasteiger charge is -2.11. The highest BCUT2D eigenvalue weighted by molar-refractivity contribution is 5.93. The highest BCUT2D eigenvalue weighted by atomic mass is 16.2. The monoisotopic (exact) mass is 262 g/mol. The first-order valence-electron chi connectivity index (χ1n) is 6.46. The second-order valence-electron chi connectivity index (χ2n) is 4.44. The molecule has 6 nitrogen and oxygen atoms in total. The minimum atomic E-state index is -0.179. The van der Waals surface area contributed by atoms with Crippen molar-refractivity contribution in [2.45, 2.75) is 18.9 Å². The number of carbonyl (C=O) groups excluding carboxylic acids is 2. The van der Waals surface area contributed by atoms with Gasteiger partial charge in [-0.2, -0.15) is 0 Å². The third-order valence-electron chi connectivity index (χ3n) is 3.01. The van der Waals surface area contributed by atoms with Crippen LogP contribution in [0.3, 0.4) is 0 Å². The zero-order valence-corrected chi connectivity index (χ0v) is 10.7. The smallest absolute Gasteiger partial charge is 0.252 e. The summed E-state index contributed by atoms with van der Waals surface area (Å²) >= 11 is 0. The molecule has 1 aliphatic rings. The summed E-state index contributed by atoms with van der Waals surface area (Å²) in [7, 11) is 0. The van der Waals surface area contributed by atoms with E-state index < -0.39 is 0 Å². The first kappa shape index (κ1) is 13.5. The van der Waals surface area contributed by atoms with Gasteiger partial charge in [0.25, 0.3) is 5.91 Å². The molecule has 19 heavy (non-hydrogen) atoms. The number of hydrogen-bond acceptors (Lipinski definition) is 4. The van der Waals surface area contributed by atoms with Gasteiger partial charge >= 0.3 is 0 Å². The summed E-state index contributed by atoms with van der Waals surface area (Å²) in [4.78, 5) is 27.2. The van der Waals surface area contributed by atoms with Crippen LogP contribution in [0, 0.1) is 0 Å². The predicted octanol–water partition coefficient (Wildman–Crippen LogP) is -0.320. The second kappa shape index (κ2) is 6.84. The van der Waals surface area contributed by atoms with E-state index in [1.54, 1.807) is 18.3 Å². The number of hydrogen-bond donors (Lipinski definition) is 3. The van der Waals surface area contributed by atoms with Gasteiger partial charge in [0.05, 0.1) is 11.6 Å². The molecular formula is C13H18N4O2. The van der Waals surface area contributed by atoms with Crippen LogP contribution in [0.25, 0.3) is 0 Å². The Morgan fingerprint density at radius 2 is 2.21 bits per heavy atom. The van der Waals surface area contributed by atoms with Crippen molar-refractivity contribution in [1.29, 1.82) is 0 Å². The van der Waals surface area contributed by atoms with Gasteiger partial charge in [-0.25, -0.2) is 0 Å². The molecule has 1 saturated heterocycles. The zero-order chi connectivity index (χ0) is 13.5. The lowest BCUT2D eigenvalue weighted by molar-refractivity contribution is -0.122. The number of aromatic nitrogens is 1. The van der Waals surface area contributed by atoms with Crippen molar-refractivity contribution in [2.24, 2.45) is 0 Å². The summed E-state index contributed by atoms with van der Waals surface area (Å²) in [5.41, 5.74) is 0.520. The average Bonchev–Trinajstić information content (AvgIpc) is 2.98. The first-order valence-corrected chi connectivity index (χ1v) is 6.46. The van der Waals surface area contributed by atoms with Crippen molar-refractivity contribution in [3.05, 3.63) is 30.1 Å². The number of nitrogens with zero attached hydrogens (tertiary/aromatic N) is 1. The third-order valence-corrected chi connectivity index (χ3v) is 3.01. The summed E-state index contributed by atoms with van der Waals surface area (Å²) in [6.45, 7) is 1.74. The number of amides is 2.